The Hall–Kier alpha value is -3.10. The molecule has 172 valence electrons. The number of aromatic nitrogens is 4. The number of methoxy groups -OCH3 is 1. The van der Waals surface area contributed by atoms with Crippen LogP contribution in [-0.2, 0) is 0 Å². The number of nitrogens with zero attached hydrogens (tertiary/aromatic N) is 5. The highest BCUT2D eigenvalue weighted by atomic mass is 16.5. The lowest BCUT2D eigenvalue weighted by molar-refractivity contribution is 0.0982. The van der Waals surface area contributed by atoms with Crippen molar-refractivity contribution in [2.45, 2.75) is 18.9 Å². The lowest BCUT2D eigenvalue weighted by Crippen LogP contribution is -2.52. The van der Waals surface area contributed by atoms with E-state index in [9.17, 15) is 0 Å². The number of hydrogen-bond acceptors (Lipinski definition) is 6. The minimum Gasteiger partial charge on any atom is -0.497 e. The summed E-state index contributed by atoms with van der Waals surface area (Å²) < 4.78 is 5.39. The fraction of sp³-hybridized carbons (Fsp3) is 0.440. The molecule has 2 N–H and O–H groups in total. The van der Waals surface area contributed by atoms with Gasteiger partial charge in [0.05, 0.1) is 23.7 Å². The molecule has 0 atom stereocenters. The highest BCUT2D eigenvalue weighted by Gasteiger charge is 2.27. The maximum atomic E-state index is 5.39. The van der Waals surface area contributed by atoms with Crippen molar-refractivity contribution in [1.82, 2.24) is 30.0 Å². The van der Waals surface area contributed by atoms with Gasteiger partial charge in [0.1, 0.15) is 11.4 Å². The molecule has 4 aromatic rings. The molecule has 0 radical (unpaired) electrons. The minimum atomic E-state index is 0.724. The van der Waals surface area contributed by atoms with Crippen molar-refractivity contribution in [2.75, 3.05) is 58.3 Å². The highest BCUT2D eigenvalue weighted by Crippen LogP contribution is 2.31. The van der Waals surface area contributed by atoms with E-state index in [1.165, 1.54) is 44.7 Å². The standard InChI is InChI=1S/C25H31N7O/c1-30-11-13-32(14-12-30)17-7-9-31(10-8-17)18-3-5-22-23(15-18)27-25(26-22)24-20-16-19(33-2)4-6-21(20)28-29-24/h3-6,15-17H,7-14H2,1-2H3,(H,26,27)(H,28,29). The molecule has 0 spiro atoms. The van der Waals surface area contributed by atoms with Crippen LogP contribution in [0.5, 0.6) is 5.75 Å². The first kappa shape index (κ1) is 20.5. The molecule has 0 saturated carbocycles. The van der Waals surface area contributed by atoms with Gasteiger partial charge >= 0.3 is 0 Å². The number of piperazine rings is 1. The SMILES string of the molecule is COc1ccc2[nH]nc(-c3nc4ccc(N5CCC(N6CCN(C)CC6)CC5)cc4[nH]3)c2c1. The first-order valence-electron chi connectivity index (χ1n) is 11.9. The molecule has 6 rings (SSSR count). The van der Waals surface area contributed by atoms with Crippen LogP contribution in [0, 0.1) is 0 Å². The number of anilines is 1. The number of rotatable bonds is 4. The number of ether oxygens (including phenoxy) is 1. The number of piperidine rings is 1. The Kier molecular flexibility index (Phi) is 5.19. The third kappa shape index (κ3) is 3.83. The van der Waals surface area contributed by atoms with Crippen LogP contribution >= 0.6 is 0 Å². The van der Waals surface area contributed by atoms with Gasteiger partial charge in [-0.1, -0.05) is 0 Å². The number of imidazole rings is 1. The first-order chi connectivity index (χ1) is 16.2. The van der Waals surface area contributed by atoms with Gasteiger partial charge in [-0.05, 0) is 56.3 Å². The largest absolute Gasteiger partial charge is 0.497 e. The molecule has 8 nitrogen and oxygen atoms in total. The predicted molar refractivity (Wildman–Crippen MR) is 132 cm³/mol. The summed E-state index contributed by atoms with van der Waals surface area (Å²) in [5.74, 6) is 1.58. The number of likely N-dealkylation sites (N-methyl/N-ethyl adjacent to an activating group) is 1. The smallest absolute Gasteiger partial charge is 0.159 e. The highest BCUT2D eigenvalue weighted by molar-refractivity contribution is 5.94. The molecule has 2 aliphatic rings. The van der Waals surface area contributed by atoms with E-state index < -0.39 is 0 Å². The first-order valence-corrected chi connectivity index (χ1v) is 11.9. The van der Waals surface area contributed by atoms with Crippen LogP contribution in [-0.4, -0.2) is 89.4 Å². The van der Waals surface area contributed by atoms with Crippen LogP contribution in [0.3, 0.4) is 0 Å². The van der Waals surface area contributed by atoms with E-state index in [0.29, 0.717) is 0 Å². The molecule has 0 amide bonds. The molecule has 33 heavy (non-hydrogen) atoms. The van der Waals surface area contributed by atoms with E-state index in [0.717, 1.165) is 58.3 Å². The monoisotopic (exact) mass is 445 g/mol. The second-order valence-corrected chi connectivity index (χ2v) is 9.33. The van der Waals surface area contributed by atoms with Gasteiger partial charge in [-0.2, -0.15) is 5.10 Å². The van der Waals surface area contributed by atoms with Gasteiger partial charge in [-0.25, -0.2) is 4.98 Å². The van der Waals surface area contributed by atoms with Gasteiger partial charge in [0.15, 0.2) is 5.82 Å². The summed E-state index contributed by atoms with van der Waals surface area (Å²) in [5.41, 5.74) is 5.05. The maximum Gasteiger partial charge on any atom is 0.159 e. The number of hydrogen-bond donors (Lipinski definition) is 2. The van der Waals surface area contributed by atoms with Crippen LogP contribution in [0.15, 0.2) is 36.4 Å². The second-order valence-electron chi connectivity index (χ2n) is 9.33. The summed E-state index contributed by atoms with van der Waals surface area (Å²) in [6.07, 6.45) is 2.47. The van der Waals surface area contributed by atoms with E-state index in [1.54, 1.807) is 7.11 Å². The topological polar surface area (TPSA) is 76.3 Å². The third-order valence-electron chi connectivity index (χ3n) is 7.34. The molecule has 2 aromatic carbocycles. The van der Waals surface area contributed by atoms with E-state index in [1.807, 2.05) is 18.2 Å². The van der Waals surface area contributed by atoms with E-state index >= 15 is 0 Å². The normalized spacial score (nSPS) is 19.0. The summed E-state index contributed by atoms with van der Waals surface area (Å²) in [6.45, 7) is 7.00. The quantitative estimate of drug-likeness (QED) is 0.502. The Balaban J connectivity index is 1.21. The summed E-state index contributed by atoms with van der Waals surface area (Å²) >= 11 is 0. The van der Waals surface area contributed by atoms with Crippen LogP contribution in [0.1, 0.15) is 12.8 Å². The van der Waals surface area contributed by atoms with Gasteiger partial charge in [-0.3, -0.25) is 10.00 Å². The fourth-order valence-electron chi connectivity index (χ4n) is 5.28. The van der Waals surface area contributed by atoms with E-state index in [4.69, 9.17) is 9.72 Å². The van der Waals surface area contributed by atoms with Crippen LogP contribution in [0.4, 0.5) is 5.69 Å². The lowest BCUT2D eigenvalue weighted by Gasteiger charge is -2.42. The molecule has 4 heterocycles. The number of H-pyrrole nitrogens is 2. The van der Waals surface area contributed by atoms with E-state index in [-0.39, 0.29) is 0 Å². The van der Waals surface area contributed by atoms with Gasteiger partial charge in [0.2, 0.25) is 0 Å². The van der Waals surface area contributed by atoms with Crippen LogP contribution < -0.4 is 9.64 Å². The Bertz CT molecular complexity index is 1260. The van der Waals surface area contributed by atoms with Gasteiger partial charge in [0, 0.05) is 56.4 Å². The third-order valence-corrected chi connectivity index (χ3v) is 7.34. The Morgan fingerprint density at radius 3 is 2.55 bits per heavy atom. The molecular formula is C25H31N7O. The summed E-state index contributed by atoms with van der Waals surface area (Å²) in [5, 5.41) is 8.61. The van der Waals surface area contributed by atoms with Crippen LogP contribution in [0.25, 0.3) is 33.5 Å². The second kappa shape index (κ2) is 8.35. The van der Waals surface area contributed by atoms with Crippen LogP contribution in [0.2, 0.25) is 0 Å². The number of fused-ring (bicyclic) bond motifs is 2. The van der Waals surface area contributed by atoms with Crippen molar-refractivity contribution in [3.63, 3.8) is 0 Å². The number of benzene rings is 2. The Morgan fingerprint density at radius 2 is 1.76 bits per heavy atom. The van der Waals surface area contributed by atoms with Crippen molar-refractivity contribution in [1.29, 1.82) is 0 Å². The molecular weight excluding hydrogens is 414 g/mol. The predicted octanol–water partition coefficient (Wildman–Crippen LogP) is 3.33. The lowest BCUT2D eigenvalue weighted by atomic mass is 10.0. The van der Waals surface area contributed by atoms with Gasteiger partial charge in [-0.15, -0.1) is 0 Å². The Labute approximate surface area is 193 Å². The molecule has 2 saturated heterocycles. The Morgan fingerprint density at radius 1 is 0.939 bits per heavy atom. The van der Waals surface area contributed by atoms with Crippen molar-refractivity contribution < 1.29 is 4.74 Å². The zero-order valence-electron chi connectivity index (χ0n) is 19.3. The average Bonchev–Trinajstić information content (AvgIpc) is 3.47. The molecule has 2 aromatic heterocycles. The van der Waals surface area contributed by atoms with Gasteiger partial charge in [0.25, 0.3) is 0 Å². The zero-order valence-corrected chi connectivity index (χ0v) is 19.3. The summed E-state index contributed by atoms with van der Waals surface area (Å²) in [6, 6.07) is 13.2. The van der Waals surface area contributed by atoms with Crippen molar-refractivity contribution in [2.24, 2.45) is 0 Å². The summed E-state index contributed by atoms with van der Waals surface area (Å²) in [4.78, 5) is 16.0. The average molecular weight is 446 g/mol. The van der Waals surface area contributed by atoms with E-state index in [2.05, 4.69) is 55.1 Å². The number of nitrogens with one attached hydrogen (secondary N) is 2. The van der Waals surface area contributed by atoms with Gasteiger partial charge < -0.3 is 19.5 Å². The molecule has 2 aliphatic heterocycles. The molecule has 0 aliphatic carbocycles. The zero-order chi connectivity index (χ0) is 22.4. The van der Waals surface area contributed by atoms with Crippen molar-refractivity contribution in [3.8, 4) is 17.3 Å². The summed E-state index contributed by atoms with van der Waals surface area (Å²) in [7, 11) is 3.90. The maximum absolute atomic E-state index is 5.39. The minimum absolute atomic E-state index is 0.724. The fourth-order valence-corrected chi connectivity index (χ4v) is 5.28. The number of aromatic amines is 2. The molecule has 8 heteroatoms. The molecule has 2 fully saturated rings. The van der Waals surface area contributed by atoms with Crippen molar-refractivity contribution >= 4 is 27.6 Å². The van der Waals surface area contributed by atoms with Crippen molar-refractivity contribution in [3.05, 3.63) is 36.4 Å². The molecule has 0 bridgehead atoms. The molecule has 0 unspecified atom stereocenters.